The topological polar surface area (TPSA) is 33.2 Å². The first kappa shape index (κ1) is 16.1. The van der Waals surface area contributed by atoms with E-state index in [0.717, 1.165) is 18.7 Å². The molecule has 1 amide bonds. The normalized spacial score (nSPS) is 21.2. The van der Waals surface area contributed by atoms with E-state index in [1.807, 2.05) is 30.0 Å². The number of carbonyl (C=O) groups is 1. The van der Waals surface area contributed by atoms with Gasteiger partial charge in [0.1, 0.15) is 0 Å². The van der Waals surface area contributed by atoms with Crippen LogP contribution >= 0.6 is 11.8 Å². The lowest BCUT2D eigenvalue weighted by atomic mass is 10.0. The monoisotopic (exact) mass is 326 g/mol. The smallest absolute Gasteiger partial charge is 0.223 e. The van der Waals surface area contributed by atoms with Gasteiger partial charge >= 0.3 is 0 Å². The highest BCUT2D eigenvalue weighted by Gasteiger charge is 2.33. The molecule has 1 fully saturated rings. The Bertz CT molecular complexity index is 632. The Morgan fingerprint density at radius 2 is 1.96 bits per heavy atom. The number of carbonyl (C=O) groups excluding carboxylic acids is 1. The van der Waals surface area contributed by atoms with Crippen LogP contribution in [0.3, 0.4) is 0 Å². The molecule has 4 heteroatoms. The van der Waals surface area contributed by atoms with Crippen molar-refractivity contribution < 1.29 is 4.79 Å². The minimum absolute atomic E-state index is 0.180. The molecule has 0 spiro atoms. The van der Waals surface area contributed by atoms with E-state index >= 15 is 0 Å². The number of rotatable bonds is 4. The van der Waals surface area contributed by atoms with Crippen LogP contribution in [-0.4, -0.2) is 33.3 Å². The molecule has 2 aromatic rings. The lowest BCUT2D eigenvalue weighted by Gasteiger charge is -2.40. The van der Waals surface area contributed by atoms with Crippen LogP contribution in [0.5, 0.6) is 0 Å². The summed E-state index contributed by atoms with van der Waals surface area (Å²) in [6, 6.07) is 14.6. The van der Waals surface area contributed by atoms with Gasteiger partial charge in [0.15, 0.2) is 0 Å². The van der Waals surface area contributed by atoms with Crippen molar-refractivity contribution in [2.24, 2.45) is 0 Å². The van der Waals surface area contributed by atoms with Crippen LogP contribution in [0.4, 0.5) is 0 Å². The number of hydrogen-bond donors (Lipinski definition) is 0. The van der Waals surface area contributed by atoms with Crippen LogP contribution in [0.15, 0.2) is 54.9 Å². The van der Waals surface area contributed by atoms with E-state index in [1.54, 1.807) is 12.4 Å². The highest BCUT2D eigenvalue weighted by molar-refractivity contribution is 8.00. The van der Waals surface area contributed by atoms with Gasteiger partial charge in [-0.3, -0.25) is 9.78 Å². The molecule has 0 radical (unpaired) electrons. The van der Waals surface area contributed by atoms with Crippen molar-refractivity contribution in [1.82, 2.24) is 9.88 Å². The molecule has 2 atom stereocenters. The maximum absolute atomic E-state index is 12.8. The van der Waals surface area contributed by atoms with Crippen LogP contribution in [-0.2, 0) is 11.2 Å². The largest absolute Gasteiger partial charge is 0.334 e. The van der Waals surface area contributed by atoms with Gasteiger partial charge in [0.05, 0.1) is 6.04 Å². The minimum atomic E-state index is 0.180. The standard InChI is InChI=1S/C19H22N2OS/c1-15-19(17-5-3-2-4-6-17)21(13-14-23-15)18(22)8-7-16-9-11-20-12-10-16/h2-6,9-12,15,19H,7-8,13-14H2,1H3/t15-,19+/m1/s1. The summed E-state index contributed by atoms with van der Waals surface area (Å²) >= 11 is 1.95. The van der Waals surface area contributed by atoms with E-state index in [1.165, 1.54) is 11.1 Å². The first-order valence-electron chi connectivity index (χ1n) is 8.10. The van der Waals surface area contributed by atoms with Crippen molar-refractivity contribution >= 4 is 17.7 Å². The molecule has 1 saturated heterocycles. The molecule has 1 aliphatic rings. The number of pyridine rings is 1. The molecule has 1 aromatic heterocycles. The van der Waals surface area contributed by atoms with Gasteiger partial charge in [0, 0.05) is 36.4 Å². The molecule has 0 aliphatic carbocycles. The lowest BCUT2D eigenvalue weighted by Crippen LogP contribution is -2.44. The van der Waals surface area contributed by atoms with Gasteiger partial charge in [-0.25, -0.2) is 0 Å². The number of hydrogen-bond acceptors (Lipinski definition) is 3. The van der Waals surface area contributed by atoms with Gasteiger partial charge in [-0.15, -0.1) is 0 Å². The van der Waals surface area contributed by atoms with Crippen LogP contribution in [0.1, 0.15) is 30.5 Å². The van der Waals surface area contributed by atoms with E-state index in [4.69, 9.17) is 0 Å². The van der Waals surface area contributed by atoms with Crippen LogP contribution in [0.2, 0.25) is 0 Å². The second kappa shape index (κ2) is 7.64. The Morgan fingerprint density at radius 3 is 2.70 bits per heavy atom. The first-order valence-corrected chi connectivity index (χ1v) is 9.15. The molecular weight excluding hydrogens is 304 g/mol. The number of benzene rings is 1. The number of aromatic nitrogens is 1. The summed E-state index contributed by atoms with van der Waals surface area (Å²) in [5.41, 5.74) is 2.41. The van der Waals surface area contributed by atoms with Crippen molar-refractivity contribution in [3.8, 4) is 0 Å². The van der Waals surface area contributed by atoms with E-state index in [0.29, 0.717) is 11.7 Å². The summed E-state index contributed by atoms with van der Waals surface area (Å²) < 4.78 is 0. The van der Waals surface area contributed by atoms with E-state index in [-0.39, 0.29) is 11.9 Å². The molecule has 120 valence electrons. The molecule has 2 heterocycles. The molecule has 0 N–H and O–H groups in total. The summed E-state index contributed by atoms with van der Waals surface area (Å²) in [7, 11) is 0. The molecular formula is C19H22N2OS. The van der Waals surface area contributed by atoms with Crippen molar-refractivity contribution in [2.45, 2.75) is 31.1 Å². The zero-order valence-corrected chi connectivity index (χ0v) is 14.2. The molecule has 0 unspecified atom stereocenters. The fraction of sp³-hybridized carbons (Fsp3) is 0.368. The second-order valence-electron chi connectivity index (χ2n) is 5.87. The Morgan fingerprint density at radius 1 is 1.22 bits per heavy atom. The molecule has 1 aromatic carbocycles. The fourth-order valence-electron chi connectivity index (χ4n) is 3.15. The zero-order valence-electron chi connectivity index (χ0n) is 13.4. The maximum atomic E-state index is 12.8. The predicted octanol–water partition coefficient (Wildman–Crippen LogP) is 3.72. The first-order chi connectivity index (χ1) is 11.3. The third kappa shape index (κ3) is 3.94. The zero-order chi connectivity index (χ0) is 16.1. The van der Waals surface area contributed by atoms with Crippen molar-refractivity contribution in [3.63, 3.8) is 0 Å². The van der Waals surface area contributed by atoms with Crippen molar-refractivity contribution in [1.29, 1.82) is 0 Å². The maximum Gasteiger partial charge on any atom is 0.223 e. The van der Waals surface area contributed by atoms with Gasteiger partial charge < -0.3 is 4.90 Å². The third-order valence-corrected chi connectivity index (χ3v) is 5.53. The quantitative estimate of drug-likeness (QED) is 0.858. The van der Waals surface area contributed by atoms with E-state index < -0.39 is 0 Å². The highest BCUT2D eigenvalue weighted by Crippen LogP contribution is 2.36. The summed E-state index contributed by atoms with van der Waals surface area (Å²) in [5.74, 6) is 1.27. The van der Waals surface area contributed by atoms with Crippen LogP contribution in [0.25, 0.3) is 0 Å². The SMILES string of the molecule is C[C@H]1SCCN(C(=O)CCc2ccncc2)[C@@H]1c1ccccc1. The fourth-order valence-corrected chi connectivity index (χ4v) is 4.31. The average Bonchev–Trinajstić information content (AvgIpc) is 2.61. The summed E-state index contributed by atoms with van der Waals surface area (Å²) in [4.78, 5) is 18.9. The van der Waals surface area contributed by atoms with Crippen molar-refractivity contribution in [2.75, 3.05) is 12.3 Å². The number of nitrogens with zero attached hydrogens (tertiary/aromatic N) is 2. The summed E-state index contributed by atoms with van der Waals surface area (Å²) in [6.45, 7) is 3.06. The Labute approximate surface area is 142 Å². The van der Waals surface area contributed by atoms with Gasteiger partial charge in [-0.1, -0.05) is 37.3 Å². The second-order valence-corrected chi connectivity index (χ2v) is 7.36. The molecule has 0 saturated carbocycles. The number of thioether (sulfide) groups is 1. The average molecular weight is 326 g/mol. The van der Waals surface area contributed by atoms with Gasteiger partial charge in [0.25, 0.3) is 0 Å². The predicted molar refractivity (Wildman–Crippen MR) is 95.4 cm³/mol. The molecule has 3 rings (SSSR count). The molecule has 0 bridgehead atoms. The number of aryl methyl sites for hydroxylation is 1. The van der Waals surface area contributed by atoms with Gasteiger partial charge in [0.2, 0.25) is 5.91 Å². The van der Waals surface area contributed by atoms with Crippen molar-refractivity contribution in [3.05, 3.63) is 66.0 Å². The summed E-state index contributed by atoms with van der Waals surface area (Å²) in [5, 5.41) is 0.427. The summed E-state index contributed by atoms with van der Waals surface area (Å²) in [6.07, 6.45) is 4.91. The van der Waals surface area contributed by atoms with Gasteiger partial charge in [-0.2, -0.15) is 11.8 Å². The number of amides is 1. The Kier molecular flexibility index (Phi) is 5.34. The lowest BCUT2D eigenvalue weighted by molar-refractivity contribution is -0.133. The van der Waals surface area contributed by atoms with Crippen LogP contribution in [0, 0.1) is 0 Å². The highest BCUT2D eigenvalue weighted by atomic mass is 32.2. The molecule has 3 nitrogen and oxygen atoms in total. The van der Waals surface area contributed by atoms with Crippen LogP contribution < -0.4 is 0 Å². The Hall–Kier alpha value is -1.81. The van der Waals surface area contributed by atoms with E-state index in [2.05, 4.69) is 41.1 Å². The third-order valence-electron chi connectivity index (χ3n) is 4.33. The minimum Gasteiger partial charge on any atom is -0.334 e. The van der Waals surface area contributed by atoms with Gasteiger partial charge in [-0.05, 0) is 29.7 Å². The molecule has 23 heavy (non-hydrogen) atoms. The van der Waals surface area contributed by atoms with E-state index in [9.17, 15) is 4.79 Å². The molecule has 1 aliphatic heterocycles. The Balaban J connectivity index is 1.72.